The molecule has 1 aromatic carbocycles. The van der Waals surface area contributed by atoms with Crippen molar-refractivity contribution in [2.75, 3.05) is 13.6 Å². The predicted octanol–water partition coefficient (Wildman–Crippen LogP) is 2.90. The SMILES string of the molecule is CCC(NC)c1ccc(OC(C)C(=O)NCC(C)C)cc1. The fraction of sp³-hybridized carbons (Fsp3) is 0.588. The number of ether oxygens (including phenoxy) is 1. The molecule has 1 rings (SSSR count). The Morgan fingerprint density at radius 3 is 2.29 bits per heavy atom. The van der Waals surface area contributed by atoms with E-state index >= 15 is 0 Å². The first-order valence-electron chi connectivity index (χ1n) is 7.69. The first-order valence-corrected chi connectivity index (χ1v) is 7.69. The summed E-state index contributed by atoms with van der Waals surface area (Å²) < 4.78 is 5.68. The number of carbonyl (C=O) groups is 1. The number of rotatable bonds is 8. The second-order valence-corrected chi connectivity index (χ2v) is 5.72. The van der Waals surface area contributed by atoms with Crippen LogP contribution in [0.2, 0.25) is 0 Å². The normalized spacial score (nSPS) is 13.8. The molecule has 0 radical (unpaired) electrons. The quantitative estimate of drug-likeness (QED) is 0.774. The summed E-state index contributed by atoms with van der Waals surface area (Å²) in [5.41, 5.74) is 1.23. The second-order valence-electron chi connectivity index (χ2n) is 5.72. The summed E-state index contributed by atoms with van der Waals surface area (Å²) >= 11 is 0. The molecule has 2 unspecified atom stereocenters. The van der Waals surface area contributed by atoms with Crippen LogP contribution in [0.3, 0.4) is 0 Å². The van der Waals surface area contributed by atoms with Crippen LogP contribution in [0.4, 0.5) is 0 Å². The Labute approximate surface area is 128 Å². The van der Waals surface area contributed by atoms with E-state index in [0.29, 0.717) is 18.5 Å². The van der Waals surface area contributed by atoms with Crippen molar-refractivity contribution >= 4 is 5.91 Å². The highest BCUT2D eigenvalue weighted by atomic mass is 16.5. The molecular weight excluding hydrogens is 264 g/mol. The lowest BCUT2D eigenvalue weighted by Crippen LogP contribution is -2.38. The van der Waals surface area contributed by atoms with E-state index in [1.165, 1.54) is 5.56 Å². The van der Waals surface area contributed by atoms with Gasteiger partial charge in [0.25, 0.3) is 5.91 Å². The summed E-state index contributed by atoms with van der Waals surface area (Å²) in [6.45, 7) is 8.72. The summed E-state index contributed by atoms with van der Waals surface area (Å²) in [6, 6.07) is 8.27. The van der Waals surface area contributed by atoms with Crippen LogP contribution in [0.1, 0.15) is 45.7 Å². The Balaban J connectivity index is 2.56. The molecule has 1 aromatic rings. The van der Waals surface area contributed by atoms with Crippen molar-refractivity contribution in [3.8, 4) is 5.75 Å². The lowest BCUT2D eigenvalue weighted by molar-refractivity contribution is -0.127. The first-order chi connectivity index (χ1) is 9.97. The first kappa shape index (κ1) is 17.5. The van der Waals surface area contributed by atoms with E-state index in [-0.39, 0.29) is 5.91 Å². The minimum atomic E-state index is -0.485. The molecule has 118 valence electrons. The molecule has 2 atom stereocenters. The van der Waals surface area contributed by atoms with Crippen molar-refractivity contribution in [2.45, 2.75) is 46.3 Å². The number of carbonyl (C=O) groups excluding carboxylic acids is 1. The van der Waals surface area contributed by atoms with Crippen LogP contribution in [0.25, 0.3) is 0 Å². The molecular formula is C17H28N2O2. The second kappa shape index (κ2) is 8.67. The summed E-state index contributed by atoms with van der Waals surface area (Å²) in [7, 11) is 1.96. The molecule has 2 N–H and O–H groups in total. The molecule has 0 aliphatic heterocycles. The zero-order valence-electron chi connectivity index (χ0n) is 13.8. The van der Waals surface area contributed by atoms with Gasteiger partial charge in [-0.05, 0) is 44.0 Å². The van der Waals surface area contributed by atoms with E-state index in [2.05, 4.69) is 31.4 Å². The van der Waals surface area contributed by atoms with Crippen molar-refractivity contribution in [2.24, 2.45) is 5.92 Å². The van der Waals surface area contributed by atoms with Gasteiger partial charge in [0, 0.05) is 12.6 Å². The number of hydrogen-bond donors (Lipinski definition) is 2. The molecule has 0 saturated carbocycles. The maximum atomic E-state index is 11.9. The van der Waals surface area contributed by atoms with Crippen molar-refractivity contribution in [3.63, 3.8) is 0 Å². The molecule has 0 aliphatic rings. The molecule has 0 saturated heterocycles. The zero-order chi connectivity index (χ0) is 15.8. The molecule has 0 spiro atoms. The largest absolute Gasteiger partial charge is 0.481 e. The van der Waals surface area contributed by atoms with E-state index in [9.17, 15) is 4.79 Å². The Bertz CT molecular complexity index is 425. The Morgan fingerprint density at radius 2 is 1.81 bits per heavy atom. The number of benzene rings is 1. The van der Waals surface area contributed by atoms with Crippen LogP contribution in [-0.2, 0) is 4.79 Å². The van der Waals surface area contributed by atoms with Gasteiger partial charge in [0.05, 0.1) is 0 Å². The molecule has 0 heterocycles. The van der Waals surface area contributed by atoms with Crippen molar-refractivity contribution < 1.29 is 9.53 Å². The number of hydrogen-bond acceptors (Lipinski definition) is 3. The molecule has 21 heavy (non-hydrogen) atoms. The van der Waals surface area contributed by atoms with Gasteiger partial charge in [0.2, 0.25) is 0 Å². The summed E-state index contributed by atoms with van der Waals surface area (Å²) in [4.78, 5) is 11.9. The highest BCUT2D eigenvalue weighted by molar-refractivity contribution is 5.80. The smallest absolute Gasteiger partial charge is 0.260 e. The van der Waals surface area contributed by atoms with Crippen LogP contribution in [0, 0.1) is 5.92 Å². The molecule has 4 heteroatoms. The maximum absolute atomic E-state index is 11.9. The molecule has 4 nitrogen and oxygen atoms in total. The predicted molar refractivity (Wildman–Crippen MR) is 86.5 cm³/mol. The van der Waals surface area contributed by atoms with E-state index in [4.69, 9.17) is 4.74 Å². The average Bonchev–Trinajstić information content (AvgIpc) is 2.47. The highest BCUT2D eigenvalue weighted by Crippen LogP contribution is 2.20. The van der Waals surface area contributed by atoms with Gasteiger partial charge < -0.3 is 15.4 Å². The van der Waals surface area contributed by atoms with E-state index in [1.807, 2.05) is 31.3 Å². The average molecular weight is 292 g/mol. The van der Waals surface area contributed by atoms with Gasteiger partial charge >= 0.3 is 0 Å². The van der Waals surface area contributed by atoms with Gasteiger partial charge in [-0.3, -0.25) is 4.79 Å². The highest BCUT2D eigenvalue weighted by Gasteiger charge is 2.15. The van der Waals surface area contributed by atoms with Crippen molar-refractivity contribution in [3.05, 3.63) is 29.8 Å². The van der Waals surface area contributed by atoms with E-state index in [1.54, 1.807) is 6.92 Å². The third-order valence-corrected chi connectivity index (χ3v) is 3.41. The minimum Gasteiger partial charge on any atom is -0.481 e. The number of nitrogens with one attached hydrogen (secondary N) is 2. The molecule has 0 aliphatic carbocycles. The van der Waals surface area contributed by atoms with Crippen molar-refractivity contribution in [1.82, 2.24) is 10.6 Å². The monoisotopic (exact) mass is 292 g/mol. The van der Waals surface area contributed by atoms with Gasteiger partial charge in [-0.2, -0.15) is 0 Å². The molecule has 0 fully saturated rings. The zero-order valence-corrected chi connectivity index (χ0v) is 13.8. The van der Waals surface area contributed by atoms with Crippen LogP contribution in [0.5, 0.6) is 5.75 Å². The lowest BCUT2D eigenvalue weighted by Gasteiger charge is -2.17. The third kappa shape index (κ3) is 5.76. The number of amides is 1. The van der Waals surface area contributed by atoms with Crippen molar-refractivity contribution in [1.29, 1.82) is 0 Å². The summed E-state index contributed by atoms with van der Waals surface area (Å²) in [5.74, 6) is 1.08. The standard InChI is InChI=1S/C17H28N2O2/c1-6-16(18-5)14-7-9-15(10-8-14)21-13(4)17(20)19-11-12(2)3/h7-10,12-13,16,18H,6,11H2,1-5H3,(H,19,20). The third-order valence-electron chi connectivity index (χ3n) is 3.41. The Hall–Kier alpha value is -1.55. The lowest BCUT2D eigenvalue weighted by atomic mass is 10.0. The fourth-order valence-corrected chi connectivity index (χ4v) is 2.09. The van der Waals surface area contributed by atoms with Crippen LogP contribution in [-0.4, -0.2) is 25.6 Å². The van der Waals surface area contributed by atoms with Crippen LogP contribution in [0.15, 0.2) is 24.3 Å². The van der Waals surface area contributed by atoms with E-state index in [0.717, 1.165) is 12.2 Å². The topological polar surface area (TPSA) is 50.4 Å². The van der Waals surface area contributed by atoms with Gasteiger partial charge in [-0.1, -0.05) is 32.9 Å². The van der Waals surface area contributed by atoms with Gasteiger partial charge in [-0.25, -0.2) is 0 Å². The molecule has 0 aromatic heterocycles. The fourth-order valence-electron chi connectivity index (χ4n) is 2.09. The molecule has 1 amide bonds. The maximum Gasteiger partial charge on any atom is 0.260 e. The minimum absolute atomic E-state index is 0.0746. The van der Waals surface area contributed by atoms with E-state index < -0.39 is 6.10 Å². The summed E-state index contributed by atoms with van der Waals surface area (Å²) in [5, 5.41) is 6.14. The Kier molecular flexibility index (Phi) is 7.23. The van der Waals surface area contributed by atoms with Gasteiger partial charge in [0.1, 0.15) is 5.75 Å². The van der Waals surface area contributed by atoms with Gasteiger partial charge in [0.15, 0.2) is 6.10 Å². The molecule has 0 bridgehead atoms. The van der Waals surface area contributed by atoms with Crippen LogP contribution >= 0.6 is 0 Å². The van der Waals surface area contributed by atoms with Crippen LogP contribution < -0.4 is 15.4 Å². The summed E-state index contributed by atoms with van der Waals surface area (Å²) in [6.07, 6.45) is 0.547. The van der Waals surface area contributed by atoms with Gasteiger partial charge in [-0.15, -0.1) is 0 Å². The Morgan fingerprint density at radius 1 is 1.19 bits per heavy atom.